The van der Waals surface area contributed by atoms with Crippen LogP contribution in [0.5, 0.6) is 0 Å². The largest absolute Gasteiger partial charge is 0.476 e. The van der Waals surface area contributed by atoms with E-state index in [1.165, 1.54) is 7.05 Å². The van der Waals surface area contributed by atoms with Crippen molar-refractivity contribution in [2.24, 2.45) is 7.05 Å². The van der Waals surface area contributed by atoms with E-state index in [1.54, 1.807) is 0 Å². The van der Waals surface area contributed by atoms with E-state index in [0.29, 0.717) is 6.29 Å². The van der Waals surface area contributed by atoms with Crippen LogP contribution in [0.2, 0.25) is 0 Å². The van der Waals surface area contributed by atoms with E-state index in [4.69, 9.17) is 5.11 Å². The average molecular weight is 155 g/mol. The molecule has 0 fully saturated rings. The molecular formula is C5H5N3O3. The molecule has 1 heterocycles. The third kappa shape index (κ3) is 1.09. The van der Waals surface area contributed by atoms with Gasteiger partial charge in [-0.3, -0.25) is 4.79 Å². The third-order valence-electron chi connectivity index (χ3n) is 1.17. The Balaban J connectivity index is 3.28. The number of hydrogen-bond donors (Lipinski definition) is 1. The second-order valence-corrected chi connectivity index (χ2v) is 1.87. The topological polar surface area (TPSA) is 85.1 Å². The van der Waals surface area contributed by atoms with Crippen molar-refractivity contribution in [1.82, 2.24) is 15.0 Å². The number of carboxylic acids is 1. The number of aromatic carboxylic acids is 1. The zero-order valence-electron chi connectivity index (χ0n) is 5.68. The fraction of sp³-hybridized carbons (Fsp3) is 0.200. The molecular weight excluding hydrogens is 150 g/mol. The molecule has 0 spiro atoms. The van der Waals surface area contributed by atoms with Crippen molar-refractivity contribution in [3.63, 3.8) is 0 Å². The van der Waals surface area contributed by atoms with E-state index in [0.717, 1.165) is 4.68 Å². The first kappa shape index (κ1) is 7.39. The second-order valence-electron chi connectivity index (χ2n) is 1.87. The lowest BCUT2D eigenvalue weighted by Crippen LogP contribution is -2.07. The number of carbonyl (C=O) groups is 2. The molecule has 0 saturated carbocycles. The number of hydrogen-bond acceptors (Lipinski definition) is 4. The van der Waals surface area contributed by atoms with Gasteiger partial charge in [0.25, 0.3) is 0 Å². The van der Waals surface area contributed by atoms with Crippen molar-refractivity contribution in [3.8, 4) is 0 Å². The fourth-order valence-corrected chi connectivity index (χ4v) is 0.700. The molecule has 1 aromatic heterocycles. The molecule has 0 aliphatic rings. The van der Waals surface area contributed by atoms with E-state index in [9.17, 15) is 9.59 Å². The highest BCUT2D eigenvalue weighted by Crippen LogP contribution is 1.99. The summed E-state index contributed by atoms with van der Waals surface area (Å²) in [6, 6.07) is 0. The summed E-state index contributed by atoms with van der Waals surface area (Å²) < 4.78 is 1.03. The summed E-state index contributed by atoms with van der Waals surface area (Å²) in [6.45, 7) is 0. The first-order valence-electron chi connectivity index (χ1n) is 2.75. The number of nitrogens with zero attached hydrogens (tertiary/aromatic N) is 3. The fourth-order valence-electron chi connectivity index (χ4n) is 0.700. The van der Waals surface area contributed by atoms with Gasteiger partial charge in [0.1, 0.15) is 0 Å². The summed E-state index contributed by atoms with van der Waals surface area (Å²) in [7, 11) is 1.41. The van der Waals surface area contributed by atoms with Crippen LogP contribution in [0.4, 0.5) is 0 Å². The van der Waals surface area contributed by atoms with Gasteiger partial charge in [0.2, 0.25) is 0 Å². The average Bonchev–Trinajstić information content (AvgIpc) is 2.30. The number of carbonyl (C=O) groups excluding carboxylic acids is 1. The second kappa shape index (κ2) is 2.49. The Labute approximate surface area is 61.4 Å². The van der Waals surface area contributed by atoms with Gasteiger partial charge in [-0.25, -0.2) is 9.48 Å². The predicted molar refractivity (Wildman–Crippen MR) is 33.3 cm³/mol. The van der Waals surface area contributed by atoms with Crippen molar-refractivity contribution >= 4 is 12.3 Å². The van der Waals surface area contributed by atoms with Crippen molar-refractivity contribution in [1.29, 1.82) is 0 Å². The molecule has 0 aliphatic carbocycles. The molecule has 6 heteroatoms. The van der Waals surface area contributed by atoms with Crippen LogP contribution in [-0.2, 0) is 7.05 Å². The van der Waals surface area contributed by atoms with Crippen molar-refractivity contribution in [3.05, 3.63) is 11.4 Å². The van der Waals surface area contributed by atoms with E-state index < -0.39 is 5.97 Å². The molecule has 0 radical (unpaired) electrons. The van der Waals surface area contributed by atoms with Gasteiger partial charge in [0, 0.05) is 7.05 Å². The maximum atomic E-state index is 10.4. The summed E-state index contributed by atoms with van der Waals surface area (Å²) in [4.78, 5) is 20.6. The normalized spacial score (nSPS) is 9.55. The van der Waals surface area contributed by atoms with E-state index >= 15 is 0 Å². The Morgan fingerprint density at radius 2 is 2.36 bits per heavy atom. The first-order valence-corrected chi connectivity index (χ1v) is 2.75. The Bertz CT molecular complexity index is 304. The highest BCUT2D eigenvalue weighted by atomic mass is 16.4. The van der Waals surface area contributed by atoms with Crippen molar-refractivity contribution in [2.45, 2.75) is 0 Å². The number of aldehydes is 1. The van der Waals surface area contributed by atoms with E-state index in [2.05, 4.69) is 10.3 Å². The molecule has 0 unspecified atom stereocenters. The smallest absolute Gasteiger partial charge is 0.356 e. The predicted octanol–water partition coefficient (Wildman–Crippen LogP) is -0.674. The van der Waals surface area contributed by atoms with Gasteiger partial charge in [0.15, 0.2) is 17.7 Å². The van der Waals surface area contributed by atoms with Gasteiger partial charge < -0.3 is 5.11 Å². The monoisotopic (exact) mass is 155 g/mol. The minimum Gasteiger partial charge on any atom is -0.476 e. The lowest BCUT2D eigenvalue weighted by Gasteiger charge is -1.91. The SMILES string of the molecule is Cn1nnc(C=O)c1C(=O)O. The standard InChI is InChI=1S/C5H5N3O3/c1-8-4(5(10)11)3(2-9)6-7-8/h2H,1H3,(H,10,11). The van der Waals surface area contributed by atoms with Crippen LogP contribution in [0.3, 0.4) is 0 Å². The van der Waals surface area contributed by atoms with Crippen LogP contribution in [-0.4, -0.2) is 32.4 Å². The summed E-state index contributed by atoms with van der Waals surface area (Å²) in [5.41, 5.74) is -0.347. The Morgan fingerprint density at radius 1 is 1.73 bits per heavy atom. The van der Waals surface area contributed by atoms with Crippen LogP contribution in [0.25, 0.3) is 0 Å². The van der Waals surface area contributed by atoms with Gasteiger partial charge in [-0.15, -0.1) is 5.10 Å². The zero-order valence-corrected chi connectivity index (χ0v) is 5.68. The van der Waals surface area contributed by atoms with Gasteiger partial charge in [0.05, 0.1) is 0 Å². The molecule has 0 bridgehead atoms. The van der Waals surface area contributed by atoms with Gasteiger partial charge in [-0.05, 0) is 0 Å². The highest BCUT2D eigenvalue weighted by Gasteiger charge is 2.16. The van der Waals surface area contributed by atoms with Gasteiger partial charge in [-0.1, -0.05) is 5.21 Å². The van der Waals surface area contributed by atoms with Crippen LogP contribution in [0.15, 0.2) is 0 Å². The van der Waals surface area contributed by atoms with Crippen LogP contribution in [0.1, 0.15) is 21.0 Å². The lowest BCUT2D eigenvalue weighted by molar-refractivity contribution is 0.0682. The number of rotatable bonds is 2. The molecule has 0 amide bonds. The minimum atomic E-state index is -1.21. The number of aromatic nitrogens is 3. The van der Waals surface area contributed by atoms with Gasteiger partial charge in [-0.2, -0.15) is 0 Å². The quantitative estimate of drug-likeness (QED) is 0.572. The Hall–Kier alpha value is -1.72. The molecule has 0 atom stereocenters. The Kier molecular flexibility index (Phi) is 1.67. The third-order valence-corrected chi connectivity index (χ3v) is 1.17. The molecule has 1 N–H and O–H groups in total. The maximum Gasteiger partial charge on any atom is 0.356 e. The van der Waals surface area contributed by atoms with Gasteiger partial charge >= 0.3 is 5.97 Å². The van der Waals surface area contributed by atoms with E-state index in [1.807, 2.05) is 0 Å². The molecule has 58 valence electrons. The Morgan fingerprint density at radius 3 is 2.73 bits per heavy atom. The lowest BCUT2D eigenvalue weighted by atomic mass is 10.3. The molecule has 0 aliphatic heterocycles. The minimum absolute atomic E-state index is 0.153. The van der Waals surface area contributed by atoms with Crippen molar-refractivity contribution in [2.75, 3.05) is 0 Å². The first-order chi connectivity index (χ1) is 5.16. The van der Waals surface area contributed by atoms with E-state index in [-0.39, 0.29) is 11.4 Å². The molecule has 0 aromatic carbocycles. The van der Waals surface area contributed by atoms with Crippen LogP contribution >= 0.6 is 0 Å². The molecule has 1 aromatic rings. The van der Waals surface area contributed by atoms with Crippen molar-refractivity contribution < 1.29 is 14.7 Å². The molecule has 1 rings (SSSR count). The molecule has 0 saturated heterocycles. The highest BCUT2D eigenvalue weighted by molar-refractivity contribution is 5.93. The maximum absolute atomic E-state index is 10.4. The van der Waals surface area contributed by atoms with Crippen LogP contribution in [0, 0.1) is 0 Å². The summed E-state index contributed by atoms with van der Waals surface area (Å²) in [5, 5.41) is 15.2. The molecule has 6 nitrogen and oxygen atoms in total. The summed E-state index contributed by atoms with van der Waals surface area (Å²) in [5.74, 6) is -1.21. The summed E-state index contributed by atoms with van der Waals surface area (Å²) >= 11 is 0. The zero-order chi connectivity index (χ0) is 8.43. The molecule has 11 heavy (non-hydrogen) atoms. The number of carboxylic acid groups (broad SMARTS) is 1. The summed E-state index contributed by atoms with van der Waals surface area (Å²) in [6.07, 6.45) is 0.358. The van der Waals surface area contributed by atoms with Crippen LogP contribution < -0.4 is 0 Å². The number of aryl methyl sites for hydroxylation is 1.